The number of benzene rings is 2. The molecular formula is C51H51NS. The zero-order valence-corrected chi connectivity index (χ0v) is 31.9. The van der Waals surface area contributed by atoms with Crippen molar-refractivity contribution in [3.05, 3.63) is 166 Å². The molecule has 9 unspecified atom stereocenters. The molecular weight excluding hydrogens is 659 g/mol. The second-order valence-electron chi connectivity index (χ2n) is 17.1. The molecule has 2 heterocycles. The van der Waals surface area contributed by atoms with Crippen molar-refractivity contribution >= 4 is 33.2 Å². The molecule has 0 bridgehead atoms. The summed E-state index contributed by atoms with van der Waals surface area (Å²) in [6, 6.07) is 13.1. The first-order chi connectivity index (χ1) is 26.2. The summed E-state index contributed by atoms with van der Waals surface area (Å²) in [5.41, 5.74) is 12.6. The summed E-state index contributed by atoms with van der Waals surface area (Å²) in [5, 5.41) is 1.58. The minimum Gasteiger partial charge on any atom is -0.341 e. The van der Waals surface area contributed by atoms with E-state index < -0.39 is 0 Å². The third-order valence-corrected chi connectivity index (χ3v) is 16.2. The summed E-state index contributed by atoms with van der Waals surface area (Å²) in [4.78, 5) is 4.45. The minimum absolute atomic E-state index is 0.0644. The average Bonchev–Trinajstić information content (AvgIpc) is 3.84. The zero-order chi connectivity index (χ0) is 35.3. The maximum absolute atomic E-state index is 4.27. The number of thiophene rings is 1. The summed E-state index contributed by atoms with van der Waals surface area (Å²) in [7, 11) is 0. The molecule has 2 heteroatoms. The average molecular weight is 710 g/mol. The van der Waals surface area contributed by atoms with Gasteiger partial charge in [-0.05, 0) is 122 Å². The lowest BCUT2D eigenvalue weighted by Gasteiger charge is -2.47. The van der Waals surface area contributed by atoms with Crippen LogP contribution < -0.4 is 4.90 Å². The zero-order valence-electron chi connectivity index (χ0n) is 31.1. The van der Waals surface area contributed by atoms with Crippen molar-refractivity contribution in [1.82, 2.24) is 0 Å². The number of fused-ring (bicyclic) bond motifs is 12. The molecule has 266 valence electrons. The first kappa shape index (κ1) is 32.3. The van der Waals surface area contributed by atoms with Gasteiger partial charge in [-0.1, -0.05) is 116 Å². The molecule has 0 N–H and O–H groups in total. The molecule has 11 rings (SSSR count). The molecule has 0 spiro atoms. The largest absolute Gasteiger partial charge is 0.341 e. The van der Waals surface area contributed by atoms with E-state index in [-0.39, 0.29) is 5.41 Å². The lowest BCUT2D eigenvalue weighted by atomic mass is 9.56. The number of rotatable bonds is 4. The van der Waals surface area contributed by atoms with Gasteiger partial charge in [0, 0.05) is 67.4 Å². The number of allylic oxidation sites excluding steroid dienone is 16. The van der Waals surface area contributed by atoms with E-state index >= 15 is 0 Å². The highest BCUT2D eigenvalue weighted by Crippen LogP contribution is 2.65. The van der Waals surface area contributed by atoms with E-state index in [1.165, 1.54) is 66.6 Å². The molecule has 1 aliphatic heterocycles. The van der Waals surface area contributed by atoms with E-state index in [2.05, 4.69) is 151 Å². The van der Waals surface area contributed by atoms with Gasteiger partial charge < -0.3 is 4.90 Å². The summed E-state index contributed by atoms with van der Waals surface area (Å²) >= 11 is 2.11. The van der Waals surface area contributed by atoms with Crippen LogP contribution in [0.2, 0.25) is 0 Å². The standard InChI is InChI=1S/C51H51NS/c1-3-14-44-32(2)47-45(29-28-41-49-46(53-50(41)47)30-25-34-24-23-33-15-10-11-20-38(33)48(34)49)52(44)37-26-27-40-39-21-12-13-22-42(39)51(43(40)31-37,35-16-6-4-7-17-35)36-18-8-5-9-19-36/h3-4,6-7,10-12,14-16,18,20-21,23-27,30-33,35,38-39,42,45,47H,1,5,8-9,13,17,19,22,28-29H2,2H3/b44-14+. The Morgan fingerprint density at radius 1 is 0.887 bits per heavy atom. The summed E-state index contributed by atoms with van der Waals surface area (Å²) in [6.07, 6.45) is 47.1. The maximum Gasteiger partial charge on any atom is 0.0425 e. The van der Waals surface area contributed by atoms with Crippen molar-refractivity contribution < 1.29 is 0 Å². The molecule has 1 saturated heterocycles. The molecule has 8 aliphatic rings. The second kappa shape index (κ2) is 12.5. The monoisotopic (exact) mass is 709 g/mol. The molecule has 3 aromatic rings. The van der Waals surface area contributed by atoms with Crippen LogP contribution in [0, 0.1) is 23.7 Å². The molecule has 2 aromatic carbocycles. The molecule has 53 heavy (non-hydrogen) atoms. The van der Waals surface area contributed by atoms with Crippen molar-refractivity contribution in [2.75, 3.05) is 4.90 Å². The molecule has 7 aliphatic carbocycles. The SMILES string of the molecule is C=C/C=C1\C(C)C2c3sc4ccc5c(c4c3CCC2N1c1ccc2c(c1)C(C1=CCCCC1)(C1C=CC=CC1)C1CCC=CC21)C1C=CC=CC1C=C5. The summed E-state index contributed by atoms with van der Waals surface area (Å²) in [5.74, 6) is 3.44. The molecule has 1 aromatic heterocycles. The summed E-state index contributed by atoms with van der Waals surface area (Å²) < 4.78 is 1.49. The van der Waals surface area contributed by atoms with Crippen molar-refractivity contribution in [1.29, 1.82) is 0 Å². The van der Waals surface area contributed by atoms with Gasteiger partial charge in [0.05, 0.1) is 0 Å². The molecule has 1 fully saturated rings. The quantitative estimate of drug-likeness (QED) is 0.244. The predicted molar refractivity (Wildman–Crippen MR) is 226 cm³/mol. The fraction of sp³-hybridized carbons (Fsp3) is 0.373. The summed E-state index contributed by atoms with van der Waals surface area (Å²) in [6.45, 7) is 6.79. The highest BCUT2D eigenvalue weighted by Gasteiger charge is 2.57. The van der Waals surface area contributed by atoms with Crippen LogP contribution in [0.3, 0.4) is 0 Å². The van der Waals surface area contributed by atoms with Gasteiger partial charge in [-0.25, -0.2) is 0 Å². The molecule has 1 nitrogen and oxygen atoms in total. The minimum atomic E-state index is 0.0644. The van der Waals surface area contributed by atoms with Crippen LogP contribution in [0.25, 0.3) is 16.2 Å². The van der Waals surface area contributed by atoms with Crippen LogP contribution >= 0.6 is 11.3 Å². The Hall–Kier alpha value is -4.14. The first-order valence-corrected chi connectivity index (χ1v) is 21.6. The Balaban J connectivity index is 1.06. The van der Waals surface area contributed by atoms with Crippen LogP contribution in [0.5, 0.6) is 0 Å². The van der Waals surface area contributed by atoms with Gasteiger partial charge in [-0.2, -0.15) is 0 Å². The smallest absolute Gasteiger partial charge is 0.0425 e. The van der Waals surface area contributed by atoms with E-state index in [0.29, 0.717) is 47.5 Å². The van der Waals surface area contributed by atoms with Gasteiger partial charge in [0.25, 0.3) is 0 Å². The second-order valence-corrected chi connectivity index (χ2v) is 18.2. The molecule has 9 atom stereocenters. The number of hydrogen-bond acceptors (Lipinski definition) is 2. The van der Waals surface area contributed by atoms with Gasteiger partial charge in [0.1, 0.15) is 0 Å². The van der Waals surface area contributed by atoms with Crippen LogP contribution in [-0.2, 0) is 11.8 Å². The van der Waals surface area contributed by atoms with Crippen molar-refractivity contribution in [2.45, 2.75) is 93.9 Å². The highest BCUT2D eigenvalue weighted by atomic mass is 32.1. The number of aryl methyl sites for hydroxylation is 1. The fourth-order valence-corrected chi connectivity index (χ4v) is 14.4. The number of nitrogens with zero attached hydrogens (tertiary/aromatic N) is 1. The fourth-order valence-electron chi connectivity index (χ4n) is 12.9. The third-order valence-electron chi connectivity index (χ3n) is 14.9. The molecule has 0 saturated carbocycles. The van der Waals surface area contributed by atoms with Gasteiger partial charge in [-0.3, -0.25) is 0 Å². The lowest BCUT2D eigenvalue weighted by Crippen LogP contribution is -2.43. The van der Waals surface area contributed by atoms with Gasteiger partial charge >= 0.3 is 0 Å². The molecule has 0 radical (unpaired) electrons. The lowest BCUT2D eigenvalue weighted by molar-refractivity contribution is 0.224. The Kier molecular flexibility index (Phi) is 7.59. The van der Waals surface area contributed by atoms with Gasteiger partial charge in [0.2, 0.25) is 0 Å². The maximum atomic E-state index is 4.27. The highest BCUT2D eigenvalue weighted by molar-refractivity contribution is 7.19. The van der Waals surface area contributed by atoms with E-state index in [4.69, 9.17) is 0 Å². The van der Waals surface area contributed by atoms with Crippen LogP contribution in [0.4, 0.5) is 5.69 Å². The van der Waals surface area contributed by atoms with Gasteiger partial charge in [0.15, 0.2) is 0 Å². The normalized spacial score (nSPS) is 35.2. The first-order valence-electron chi connectivity index (χ1n) is 20.8. The van der Waals surface area contributed by atoms with Crippen LogP contribution in [0.1, 0.15) is 109 Å². The van der Waals surface area contributed by atoms with Crippen molar-refractivity contribution in [2.24, 2.45) is 23.7 Å². The van der Waals surface area contributed by atoms with Crippen LogP contribution in [0.15, 0.2) is 133 Å². The Labute approximate surface area is 320 Å². The Morgan fingerprint density at radius 3 is 2.68 bits per heavy atom. The Bertz CT molecular complexity index is 2280. The van der Waals surface area contributed by atoms with E-state index in [1.807, 2.05) is 0 Å². The van der Waals surface area contributed by atoms with Crippen molar-refractivity contribution in [3.8, 4) is 0 Å². The van der Waals surface area contributed by atoms with Crippen molar-refractivity contribution in [3.63, 3.8) is 0 Å². The third kappa shape index (κ3) is 4.54. The van der Waals surface area contributed by atoms with Crippen LogP contribution in [-0.4, -0.2) is 6.04 Å². The molecule has 0 amide bonds. The number of anilines is 1. The van der Waals surface area contributed by atoms with Gasteiger partial charge in [-0.15, -0.1) is 11.3 Å². The van der Waals surface area contributed by atoms with E-state index in [0.717, 1.165) is 12.8 Å². The number of hydrogen-bond donors (Lipinski definition) is 0. The van der Waals surface area contributed by atoms with E-state index in [1.54, 1.807) is 38.1 Å². The topological polar surface area (TPSA) is 3.24 Å². The van der Waals surface area contributed by atoms with E-state index in [9.17, 15) is 0 Å². The predicted octanol–water partition coefficient (Wildman–Crippen LogP) is 13.3. The Morgan fingerprint density at radius 2 is 1.81 bits per heavy atom.